The SMILES string of the molecule is Cc1ccc(NC(=O)COc2cccc(C(=O)NN)c2)cc1. The summed E-state index contributed by atoms with van der Waals surface area (Å²) >= 11 is 0. The molecule has 6 heteroatoms. The van der Waals surface area contributed by atoms with Crippen LogP contribution < -0.4 is 21.3 Å². The molecule has 0 aliphatic heterocycles. The lowest BCUT2D eigenvalue weighted by molar-refractivity contribution is -0.118. The zero-order chi connectivity index (χ0) is 15.9. The highest BCUT2D eigenvalue weighted by Gasteiger charge is 2.07. The molecule has 0 radical (unpaired) electrons. The van der Waals surface area contributed by atoms with E-state index in [1.54, 1.807) is 18.2 Å². The van der Waals surface area contributed by atoms with Crippen LogP contribution in [0.15, 0.2) is 48.5 Å². The van der Waals surface area contributed by atoms with Gasteiger partial charge in [-0.15, -0.1) is 0 Å². The number of nitrogens with two attached hydrogens (primary N) is 1. The summed E-state index contributed by atoms with van der Waals surface area (Å²) in [5.74, 6) is 4.78. The number of hydrogen-bond donors (Lipinski definition) is 3. The molecule has 0 aliphatic carbocycles. The number of aryl methyl sites for hydroxylation is 1. The molecule has 0 saturated heterocycles. The van der Waals surface area contributed by atoms with Crippen LogP contribution in [0.1, 0.15) is 15.9 Å². The van der Waals surface area contributed by atoms with Crippen LogP contribution in [-0.4, -0.2) is 18.4 Å². The Morgan fingerprint density at radius 1 is 1.14 bits per heavy atom. The second-order valence-electron chi connectivity index (χ2n) is 4.70. The van der Waals surface area contributed by atoms with Crippen molar-refractivity contribution in [3.05, 3.63) is 59.7 Å². The highest BCUT2D eigenvalue weighted by atomic mass is 16.5. The Morgan fingerprint density at radius 2 is 1.86 bits per heavy atom. The van der Waals surface area contributed by atoms with Gasteiger partial charge in [-0.25, -0.2) is 5.84 Å². The highest BCUT2D eigenvalue weighted by Crippen LogP contribution is 2.13. The molecule has 0 atom stereocenters. The van der Waals surface area contributed by atoms with E-state index in [4.69, 9.17) is 10.6 Å². The molecule has 6 nitrogen and oxygen atoms in total. The van der Waals surface area contributed by atoms with E-state index in [-0.39, 0.29) is 12.5 Å². The molecule has 0 spiro atoms. The summed E-state index contributed by atoms with van der Waals surface area (Å²) in [5.41, 5.74) is 4.22. The van der Waals surface area contributed by atoms with Gasteiger partial charge in [0.15, 0.2) is 6.61 Å². The third kappa shape index (κ3) is 4.32. The van der Waals surface area contributed by atoms with Crippen molar-refractivity contribution in [3.8, 4) is 5.75 Å². The molecular weight excluding hydrogens is 282 g/mol. The minimum absolute atomic E-state index is 0.151. The smallest absolute Gasteiger partial charge is 0.265 e. The Kier molecular flexibility index (Phi) is 5.11. The van der Waals surface area contributed by atoms with Gasteiger partial charge in [0.2, 0.25) is 0 Å². The average molecular weight is 299 g/mol. The van der Waals surface area contributed by atoms with Gasteiger partial charge in [-0.3, -0.25) is 15.0 Å². The molecule has 0 saturated carbocycles. The third-order valence-electron chi connectivity index (χ3n) is 2.93. The van der Waals surface area contributed by atoms with Gasteiger partial charge in [-0.05, 0) is 37.3 Å². The molecule has 2 amide bonds. The Bertz CT molecular complexity index is 669. The van der Waals surface area contributed by atoms with E-state index >= 15 is 0 Å². The molecule has 0 aliphatic rings. The molecule has 22 heavy (non-hydrogen) atoms. The summed E-state index contributed by atoms with van der Waals surface area (Å²) in [5, 5.41) is 2.72. The Balaban J connectivity index is 1.91. The van der Waals surface area contributed by atoms with Crippen molar-refractivity contribution in [1.82, 2.24) is 5.43 Å². The van der Waals surface area contributed by atoms with Crippen LogP contribution in [0.2, 0.25) is 0 Å². The minimum atomic E-state index is -0.422. The van der Waals surface area contributed by atoms with Crippen LogP contribution in [0.25, 0.3) is 0 Å². The van der Waals surface area contributed by atoms with Crippen molar-refractivity contribution in [2.45, 2.75) is 6.92 Å². The first kappa shape index (κ1) is 15.5. The second-order valence-corrected chi connectivity index (χ2v) is 4.70. The first-order valence-corrected chi connectivity index (χ1v) is 6.69. The summed E-state index contributed by atoms with van der Waals surface area (Å²) in [6.07, 6.45) is 0. The maximum atomic E-state index is 11.8. The molecule has 2 rings (SSSR count). The molecule has 0 aromatic heterocycles. The van der Waals surface area contributed by atoms with Crippen molar-refractivity contribution in [2.24, 2.45) is 5.84 Å². The number of carbonyl (C=O) groups is 2. The molecule has 2 aromatic rings. The van der Waals surface area contributed by atoms with Gasteiger partial charge in [0.05, 0.1) is 0 Å². The van der Waals surface area contributed by atoms with Crippen molar-refractivity contribution in [1.29, 1.82) is 0 Å². The van der Waals surface area contributed by atoms with E-state index in [2.05, 4.69) is 5.32 Å². The zero-order valence-corrected chi connectivity index (χ0v) is 12.1. The fourth-order valence-electron chi connectivity index (χ4n) is 1.79. The summed E-state index contributed by atoms with van der Waals surface area (Å²) < 4.78 is 5.37. The number of hydrogen-bond acceptors (Lipinski definition) is 4. The number of carbonyl (C=O) groups excluding carboxylic acids is 2. The highest BCUT2D eigenvalue weighted by molar-refractivity contribution is 5.94. The number of benzene rings is 2. The molecule has 0 heterocycles. The Hall–Kier alpha value is -2.86. The predicted octanol–water partition coefficient (Wildman–Crippen LogP) is 1.62. The number of anilines is 1. The lowest BCUT2D eigenvalue weighted by atomic mass is 10.2. The molecular formula is C16H17N3O3. The largest absolute Gasteiger partial charge is 0.484 e. The maximum absolute atomic E-state index is 11.8. The number of rotatable bonds is 5. The van der Waals surface area contributed by atoms with E-state index in [0.29, 0.717) is 17.0 Å². The van der Waals surface area contributed by atoms with E-state index < -0.39 is 5.91 Å². The molecule has 2 aromatic carbocycles. The predicted molar refractivity (Wildman–Crippen MR) is 83.4 cm³/mol. The fraction of sp³-hybridized carbons (Fsp3) is 0.125. The summed E-state index contributed by atoms with van der Waals surface area (Å²) in [6.45, 7) is 1.82. The van der Waals surface area contributed by atoms with Crippen LogP contribution in [0.5, 0.6) is 5.75 Å². The van der Waals surface area contributed by atoms with E-state index in [9.17, 15) is 9.59 Å². The number of amides is 2. The van der Waals surface area contributed by atoms with Crippen LogP contribution in [0.4, 0.5) is 5.69 Å². The molecule has 0 fully saturated rings. The van der Waals surface area contributed by atoms with Crippen LogP contribution in [0, 0.1) is 6.92 Å². The van der Waals surface area contributed by atoms with E-state index in [0.717, 1.165) is 5.56 Å². The Morgan fingerprint density at radius 3 is 2.55 bits per heavy atom. The van der Waals surface area contributed by atoms with Crippen molar-refractivity contribution in [3.63, 3.8) is 0 Å². The van der Waals surface area contributed by atoms with E-state index in [1.807, 2.05) is 36.6 Å². The van der Waals surface area contributed by atoms with Gasteiger partial charge in [-0.1, -0.05) is 23.8 Å². The monoisotopic (exact) mass is 299 g/mol. The van der Waals surface area contributed by atoms with Gasteiger partial charge in [0.1, 0.15) is 5.75 Å². The summed E-state index contributed by atoms with van der Waals surface area (Å²) in [7, 11) is 0. The molecule has 4 N–H and O–H groups in total. The minimum Gasteiger partial charge on any atom is -0.484 e. The van der Waals surface area contributed by atoms with Crippen LogP contribution in [-0.2, 0) is 4.79 Å². The van der Waals surface area contributed by atoms with Gasteiger partial charge in [0.25, 0.3) is 11.8 Å². The van der Waals surface area contributed by atoms with Gasteiger partial charge in [0, 0.05) is 11.3 Å². The molecule has 0 bridgehead atoms. The van der Waals surface area contributed by atoms with Crippen LogP contribution >= 0.6 is 0 Å². The average Bonchev–Trinajstić information content (AvgIpc) is 2.54. The van der Waals surface area contributed by atoms with Crippen molar-refractivity contribution < 1.29 is 14.3 Å². The third-order valence-corrected chi connectivity index (χ3v) is 2.93. The standard InChI is InChI=1S/C16H17N3O3/c1-11-5-7-13(8-6-11)18-15(20)10-22-14-4-2-3-12(9-14)16(21)19-17/h2-9H,10,17H2,1H3,(H,18,20)(H,19,21). The quantitative estimate of drug-likeness (QED) is 0.444. The van der Waals surface area contributed by atoms with Gasteiger partial charge in [-0.2, -0.15) is 0 Å². The topological polar surface area (TPSA) is 93.4 Å². The number of nitrogens with one attached hydrogen (secondary N) is 2. The number of hydrazine groups is 1. The first-order valence-electron chi connectivity index (χ1n) is 6.69. The lowest BCUT2D eigenvalue weighted by Crippen LogP contribution is -2.29. The number of nitrogen functional groups attached to an aromatic ring is 1. The van der Waals surface area contributed by atoms with Gasteiger partial charge < -0.3 is 10.1 Å². The lowest BCUT2D eigenvalue weighted by Gasteiger charge is -2.08. The maximum Gasteiger partial charge on any atom is 0.265 e. The fourth-order valence-corrected chi connectivity index (χ4v) is 1.79. The second kappa shape index (κ2) is 7.24. The van der Waals surface area contributed by atoms with Crippen LogP contribution in [0.3, 0.4) is 0 Å². The van der Waals surface area contributed by atoms with E-state index in [1.165, 1.54) is 6.07 Å². The summed E-state index contributed by atoms with van der Waals surface area (Å²) in [4.78, 5) is 23.2. The molecule has 0 unspecified atom stereocenters. The summed E-state index contributed by atoms with van der Waals surface area (Å²) in [6, 6.07) is 13.9. The number of ether oxygens (including phenoxy) is 1. The zero-order valence-electron chi connectivity index (χ0n) is 12.1. The Labute approximate surface area is 128 Å². The molecule has 114 valence electrons. The van der Waals surface area contributed by atoms with Crippen molar-refractivity contribution in [2.75, 3.05) is 11.9 Å². The first-order chi connectivity index (χ1) is 10.6. The van der Waals surface area contributed by atoms with Crippen molar-refractivity contribution >= 4 is 17.5 Å². The van der Waals surface area contributed by atoms with Gasteiger partial charge >= 0.3 is 0 Å². The normalized spacial score (nSPS) is 9.91.